The Kier molecular flexibility index (Phi) is 3.93. The number of halogens is 1. The van der Waals surface area contributed by atoms with Crippen LogP contribution in [-0.2, 0) is 26.3 Å². The van der Waals surface area contributed by atoms with E-state index in [1.54, 1.807) is 24.3 Å². The van der Waals surface area contributed by atoms with Crippen LogP contribution in [0.3, 0.4) is 0 Å². The van der Waals surface area contributed by atoms with Gasteiger partial charge in [-0.3, -0.25) is 19.3 Å². The molecular formula is C24H22ClN3O3. The lowest BCUT2D eigenvalue weighted by atomic mass is 9.75. The van der Waals surface area contributed by atoms with Gasteiger partial charge in [0.25, 0.3) is 0 Å². The Balaban J connectivity index is 1.58. The van der Waals surface area contributed by atoms with Crippen LogP contribution in [0.15, 0.2) is 42.5 Å². The predicted molar refractivity (Wildman–Crippen MR) is 117 cm³/mol. The quantitative estimate of drug-likeness (QED) is 0.734. The molecule has 3 fully saturated rings. The number of benzene rings is 2. The third-order valence-electron chi connectivity index (χ3n) is 7.59. The summed E-state index contributed by atoms with van der Waals surface area (Å²) in [4.78, 5) is 44.6. The van der Waals surface area contributed by atoms with E-state index >= 15 is 0 Å². The summed E-state index contributed by atoms with van der Waals surface area (Å²) in [5.74, 6) is -2.07. The molecule has 6 rings (SSSR count). The second-order valence-electron chi connectivity index (χ2n) is 8.78. The lowest BCUT2D eigenvalue weighted by Gasteiger charge is -2.36. The van der Waals surface area contributed by atoms with Crippen molar-refractivity contribution >= 4 is 40.7 Å². The number of carbonyl (C=O) groups is 3. The topological polar surface area (TPSA) is 69.7 Å². The van der Waals surface area contributed by atoms with Gasteiger partial charge in [0.05, 0.1) is 22.5 Å². The maximum atomic E-state index is 13.9. The maximum Gasteiger partial charge on any atom is 0.250 e. The van der Waals surface area contributed by atoms with Gasteiger partial charge in [0.15, 0.2) is 0 Å². The minimum absolute atomic E-state index is 0.129. The van der Waals surface area contributed by atoms with Crippen LogP contribution in [0, 0.1) is 11.8 Å². The molecule has 2 aromatic carbocycles. The molecule has 3 amide bonds. The van der Waals surface area contributed by atoms with Crippen molar-refractivity contribution < 1.29 is 14.4 Å². The molecular weight excluding hydrogens is 414 g/mol. The van der Waals surface area contributed by atoms with Gasteiger partial charge in [0, 0.05) is 17.3 Å². The first kappa shape index (κ1) is 19.0. The minimum atomic E-state index is -1.14. The molecule has 6 nitrogen and oxygen atoms in total. The number of anilines is 2. The van der Waals surface area contributed by atoms with Crippen LogP contribution < -0.4 is 10.2 Å². The monoisotopic (exact) mass is 435 g/mol. The zero-order chi connectivity index (χ0) is 21.5. The summed E-state index contributed by atoms with van der Waals surface area (Å²) in [7, 11) is 0. The molecule has 2 aromatic rings. The fourth-order valence-electron chi connectivity index (χ4n) is 6.46. The number of carbonyl (C=O) groups excluding carboxylic acids is 3. The molecule has 4 aliphatic heterocycles. The van der Waals surface area contributed by atoms with E-state index in [1.165, 1.54) is 4.90 Å². The number of nitrogens with zero attached hydrogens (tertiary/aromatic N) is 2. The van der Waals surface area contributed by atoms with Gasteiger partial charge in [0.2, 0.25) is 17.7 Å². The molecule has 4 atom stereocenters. The molecule has 0 bridgehead atoms. The summed E-state index contributed by atoms with van der Waals surface area (Å²) in [6.07, 6.45) is 2.48. The van der Waals surface area contributed by atoms with Crippen LogP contribution >= 0.6 is 11.6 Å². The van der Waals surface area contributed by atoms with Crippen LogP contribution in [0.25, 0.3) is 0 Å². The highest BCUT2D eigenvalue weighted by Gasteiger charge is 2.74. The van der Waals surface area contributed by atoms with E-state index in [0.717, 1.165) is 36.1 Å². The maximum absolute atomic E-state index is 13.9. The molecule has 1 N–H and O–H groups in total. The third-order valence-corrected chi connectivity index (χ3v) is 7.91. The third kappa shape index (κ3) is 2.14. The van der Waals surface area contributed by atoms with E-state index in [4.69, 9.17) is 11.6 Å². The van der Waals surface area contributed by atoms with Gasteiger partial charge in [-0.2, -0.15) is 0 Å². The van der Waals surface area contributed by atoms with Crippen LogP contribution in [-0.4, -0.2) is 35.2 Å². The van der Waals surface area contributed by atoms with Gasteiger partial charge in [-0.25, -0.2) is 4.90 Å². The number of hydrogen-bond acceptors (Lipinski definition) is 4. The van der Waals surface area contributed by atoms with Gasteiger partial charge in [-0.15, -0.1) is 0 Å². The van der Waals surface area contributed by atoms with Crippen molar-refractivity contribution in [2.24, 2.45) is 11.8 Å². The summed E-state index contributed by atoms with van der Waals surface area (Å²) in [5.41, 5.74) is 1.93. The normalized spacial score (nSPS) is 31.4. The highest BCUT2D eigenvalue weighted by atomic mass is 35.5. The summed E-state index contributed by atoms with van der Waals surface area (Å²) in [6.45, 7) is 2.75. The zero-order valence-electron chi connectivity index (χ0n) is 17.1. The van der Waals surface area contributed by atoms with Crippen LogP contribution in [0.4, 0.5) is 11.4 Å². The first-order valence-corrected chi connectivity index (χ1v) is 11.2. The van der Waals surface area contributed by atoms with Gasteiger partial charge < -0.3 is 5.32 Å². The Morgan fingerprint density at radius 2 is 1.90 bits per heavy atom. The number of nitrogens with one attached hydrogen (secondary N) is 1. The Morgan fingerprint density at radius 3 is 2.68 bits per heavy atom. The summed E-state index contributed by atoms with van der Waals surface area (Å²) < 4.78 is 0. The van der Waals surface area contributed by atoms with Gasteiger partial charge in [-0.1, -0.05) is 48.9 Å². The Morgan fingerprint density at radius 1 is 1.10 bits per heavy atom. The van der Waals surface area contributed by atoms with Crippen molar-refractivity contribution in [1.29, 1.82) is 0 Å². The zero-order valence-corrected chi connectivity index (χ0v) is 17.9. The van der Waals surface area contributed by atoms with E-state index in [9.17, 15) is 14.4 Å². The molecule has 3 saturated heterocycles. The molecule has 0 radical (unpaired) electrons. The number of rotatable bonds is 2. The van der Waals surface area contributed by atoms with Crippen molar-refractivity contribution in [3.63, 3.8) is 0 Å². The largest absolute Gasteiger partial charge is 0.324 e. The molecule has 0 aromatic heterocycles. The lowest BCUT2D eigenvalue weighted by Crippen LogP contribution is -2.54. The molecule has 158 valence electrons. The van der Waals surface area contributed by atoms with Gasteiger partial charge >= 0.3 is 0 Å². The first-order valence-electron chi connectivity index (χ1n) is 10.8. The van der Waals surface area contributed by atoms with Crippen molar-refractivity contribution in [2.75, 3.05) is 16.8 Å². The van der Waals surface area contributed by atoms with E-state index < -0.39 is 17.4 Å². The summed E-state index contributed by atoms with van der Waals surface area (Å²) in [5, 5.41) is 3.44. The molecule has 1 spiro atoms. The van der Waals surface area contributed by atoms with Crippen LogP contribution in [0.1, 0.15) is 30.9 Å². The fraction of sp³-hybridized carbons (Fsp3) is 0.375. The molecule has 4 heterocycles. The van der Waals surface area contributed by atoms with Crippen LogP contribution in [0.5, 0.6) is 0 Å². The van der Waals surface area contributed by atoms with E-state index in [1.807, 2.05) is 25.1 Å². The highest BCUT2D eigenvalue weighted by molar-refractivity contribution is 6.36. The minimum Gasteiger partial charge on any atom is -0.324 e. The summed E-state index contributed by atoms with van der Waals surface area (Å²) in [6, 6.07) is 12.7. The second-order valence-corrected chi connectivity index (χ2v) is 9.19. The smallest absolute Gasteiger partial charge is 0.250 e. The summed E-state index contributed by atoms with van der Waals surface area (Å²) >= 11 is 6.37. The molecule has 0 aliphatic carbocycles. The average Bonchev–Trinajstić information content (AvgIpc) is 3.47. The standard InChI is InChI=1S/C24H22ClN3O3/c1-2-13-7-5-8-14-20(13)26-23(31)24(14)19-18(17-11-6-12-27(17)24)21(29)28(22(19)30)16-10-4-3-9-15(16)25/h3-5,7-10,17-19H,2,6,11-12H2,1H3,(H,26,31)/t17-,18+,19-,24+/m0/s1. The molecule has 0 unspecified atom stereocenters. The number of hydrogen-bond donors (Lipinski definition) is 1. The fourth-order valence-corrected chi connectivity index (χ4v) is 6.68. The highest BCUT2D eigenvalue weighted by Crippen LogP contribution is 2.61. The Hall–Kier alpha value is -2.70. The molecule has 4 aliphatic rings. The number of aryl methyl sites for hydroxylation is 1. The Bertz CT molecular complexity index is 1160. The van der Waals surface area contributed by atoms with Crippen molar-refractivity contribution in [3.8, 4) is 0 Å². The van der Waals surface area contributed by atoms with Crippen molar-refractivity contribution in [3.05, 3.63) is 58.6 Å². The van der Waals surface area contributed by atoms with Gasteiger partial charge in [-0.05, 0) is 43.5 Å². The molecule has 31 heavy (non-hydrogen) atoms. The lowest BCUT2D eigenvalue weighted by molar-refractivity contribution is -0.135. The number of para-hydroxylation sites is 2. The average molecular weight is 436 g/mol. The second kappa shape index (κ2) is 6.40. The Labute approximate surface area is 185 Å². The predicted octanol–water partition coefficient (Wildman–Crippen LogP) is 3.33. The van der Waals surface area contributed by atoms with Crippen molar-refractivity contribution in [1.82, 2.24) is 4.90 Å². The van der Waals surface area contributed by atoms with Crippen molar-refractivity contribution in [2.45, 2.75) is 37.8 Å². The number of imide groups is 1. The molecule has 0 saturated carbocycles. The van der Waals surface area contributed by atoms with E-state index in [0.29, 0.717) is 17.3 Å². The van der Waals surface area contributed by atoms with Gasteiger partial charge in [0.1, 0.15) is 5.54 Å². The van der Waals surface area contributed by atoms with E-state index in [2.05, 4.69) is 10.2 Å². The molecule has 7 heteroatoms. The number of amides is 3. The van der Waals surface area contributed by atoms with E-state index in [-0.39, 0.29) is 23.8 Å². The van der Waals surface area contributed by atoms with Crippen LogP contribution in [0.2, 0.25) is 5.02 Å². The SMILES string of the molecule is CCc1cccc2c1NC(=O)[C@]21[C@@H]2C(=O)N(c3ccccc3Cl)C(=O)[C@@H]2[C@@H]2CCCN21. The number of fused-ring (bicyclic) bond motifs is 7. The first-order chi connectivity index (χ1) is 15.0.